The fourth-order valence-electron chi connectivity index (χ4n) is 2.81. The van der Waals surface area contributed by atoms with Crippen LogP contribution in [-0.2, 0) is 0 Å². The lowest BCUT2D eigenvalue weighted by atomic mass is 9.89. The quantitative estimate of drug-likeness (QED) is 0.792. The van der Waals surface area contributed by atoms with Crippen molar-refractivity contribution in [1.82, 2.24) is 4.90 Å². The summed E-state index contributed by atoms with van der Waals surface area (Å²) in [5, 5.41) is 0.335. The fraction of sp³-hybridized carbons (Fsp3) is 0.600. The lowest BCUT2D eigenvalue weighted by molar-refractivity contribution is -0.0498. The molecular formula is C15H20ClF2NO. The van der Waals surface area contributed by atoms with Crippen LogP contribution in [0.2, 0.25) is 5.02 Å². The summed E-state index contributed by atoms with van der Waals surface area (Å²) in [5.41, 5.74) is 0.931. The van der Waals surface area contributed by atoms with Crippen molar-refractivity contribution in [3.05, 3.63) is 28.8 Å². The lowest BCUT2D eigenvalue weighted by Gasteiger charge is -2.32. The Kier molecular flexibility index (Phi) is 5.61. The predicted octanol–water partition coefficient (Wildman–Crippen LogP) is 4.53. The van der Waals surface area contributed by atoms with Gasteiger partial charge >= 0.3 is 6.61 Å². The molecule has 2 nitrogen and oxygen atoms in total. The molecule has 1 saturated heterocycles. The van der Waals surface area contributed by atoms with Crippen molar-refractivity contribution in [1.29, 1.82) is 0 Å². The molecule has 0 unspecified atom stereocenters. The second kappa shape index (κ2) is 7.23. The molecule has 0 atom stereocenters. The number of halogens is 3. The van der Waals surface area contributed by atoms with Crippen LogP contribution in [0.1, 0.15) is 37.7 Å². The van der Waals surface area contributed by atoms with E-state index in [-0.39, 0.29) is 5.75 Å². The van der Waals surface area contributed by atoms with E-state index in [1.54, 1.807) is 6.07 Å². The van der Waals surface area contributed by atoms with Gasteiger partial charge in [0.25, 0.3) is 0 Å². The number of likely N-dealkylation sites (tertiary alicyclic amines) is 1. The number of ether oxygens (including phenoxy) is 1. The Morgan fingerprint density at radius 1 is 1.35 bits per heavy atom. The summed E-state index contributed by atoms with van der Waals surface area (Å²) in [6.07, 6.45) is 3.18. The first-order valence-corrected chi connectivity index (χ1v) is 7.45. The number of piperidine rings is 1. The molecule has 1 aliphatic heterocycles. The molecule has 0 amide bonds. The molecule has 0 spiro atoms. The van der Waals surface area contributed by atoms with Crippen LogP contribution in [0.5, 0.6) is 5.75 Å². The van der Waals surface area contributed by atoms with Crippen LogP contribution < -0.4 is 4.74 Å². The molecule has 5 heteroatoms. The molecule has 20 heavy (non-hydrogen) atoms. The van der Waals surface area contributed by atoms with E-state index in [4.69, 9.17) is 11.6 Å². The molecule has 1 heterocycles. The Morgan fingerprint density at radius 3 is 2.65 bits per heavy atom. The van der Waals surface area contributed by atoms with E-state index in [0.29, 0.717) is 10.9 Å². The van der Waals surface area contributed by atoms with Crippen LogP contribution in [0.15, 0.2) is 18.2 Å². The van der Waals surface area contributed by atoms with Gasteiger partial charge in [0.2, 0.25) is 0 Å². The Labute approximate surface area is 123 Å². The predicted molar refractivity (Wildman–Crippen MR) is 76.8 cm³/mol. The van der Waals surface area contributed by atoms with Crippen molar-refractivity contribution in [3.63, 3.8) is 0 Å². The van der Waals surface area contributed by atoms with Crippen LogP contribution in [0.4, 0.5) is 8.78 Å². The van der Waals surface area contributed by atoms with Crippen molar-refractivity contribution < 1.29 is 13.5 Å². The van der Waals surface area contributed by atoms with Crippen molar-refractivity contribution in [3.8, 4) is 5.75 Å². The highest BCUT2D eigenvalue weighted by Gasteiger charge is 2.23. The third-order valence-corrected chi connectivity index (χ3v) is 4.18. The normalized spacial score (nSPS) is 17.6. The van der Waals surface area contributed by atoms with Gasteiger partial charge in [0.05, 0.1) is 5.02 Å². The van der Waals surface area contributed by atoms with E-state index in [9.17, 15) is 8.78 Å². The summed E-state index contributed by atoms with van der Waals surface area (Å²) >= 11 is 6.21. The van der Waals surface area contributed by atoms with Gasteiger partial charge < -0.3 is 9.64 Å². The second-order valence-corrected chi connectivity index (χ2v) is 5.53. The van der Waals surface area contributed by atoms with E-state index in [1.807, 2.05) is 6.07 Å². The first-order chi connectivity index (χ1) is 9.61. The summed E-state index contributed by atoms with van der Waals surface area (Å²) in [6, 6.07) is 5.14. The Balaban J connectivity index is 2.06. The molecule has 0 N–H and O–H groups in total. The van der Waals surface area contributed by atoms with Crippen LogP contribution in [0.3, 0.4) is 0 Å². The second-order valence-electron chi connectivity index (χ2n) is 5.15. The maximum Gasteiger partial charge on any atom is 0.387 e. The third kappa shape index (κ3) is 3.83. The molecule has 112 valence electrons. The minimum Gasteiger partial charge on any atom is -0.433 e. The molecular weight excluding hydrogens is 284 g/mol. The standard InChI is InChI=1S/C15H20ClF2NO/c1-2-8-19-9-6-11(7-10-19)12-4-3-5-13(14(12)16)20-15(17)18/h3-5,11,15H,2,6-10H2,1H3. The van der Waals surface area contributed by atoms with E-state index in [1.165, 1.54) is 6.07 Å². The summed E-state index contributed by atoms with van der Waals surface area (Å²) < 4.78 is 29.1. The number of hydrogen-bond acceptors (Lipinski definition) is 2. The van der Waals surface area contributed by atoms with E-state index >= 15 is 0 Å². The Bertz CT molecular complexity index is 434. The maximum atomic E-state index is 12.3. The molecule has 0 radical (unpaired) electrons. The van der Waals surface area contributed by atoms with Crippen LogP contribution in [-0.4, -0.2) is 31.1 Å². The van der Waals surface area contributed by atoms with Crippen molar-refractivity contribution in [2.45, 2.75) is 38.7 Å². The SMILES string of the molecule is CCCN1CCC(c2cccc(OC(F)F)c2Cl)CC1. The minimum absolute atomic E-state index is 0.0788. The Morgan fingerprint density at radius 2 is 2.05 bits per heavy atom. The van der Waals surface area contributed by atoms with Gasteiger partial charge in [-0.2, -0.15) is 8.78 Å². The molecule has 1 aromatic carbocycles. The van der Waals surface area contributed by atoms with Crippen LogP contribution in [0.25, 0.3) is 0 Å². The molecule has 2 rings (SSSR count). The molecule has 0 aliphatic carbocycles. The lowest BCUT2D eigenvalue weighted by Crippen LogP contribution is -2.33. The highest BCUT2D eigenvalue weighted by Crippen LogP contribution is 2.38. The first-order valence-electron chi connectivity index (χ1n) is 7.07. The van der Waals surface area contributed by atoms with Gasteiger partial charge in [0.1, 0.15) is 5.75 Å². The van der Waals surface area contributed by atoms with Crippen LogP contribution in [0, 0.1) is 0 Å². The zero-order valence-corrected chi connectivity index (χ0v) is 12.4. The van der Waals surface area contributed by atoms with E-state index < -0.39 is 6.61 Å². The molecule has 0 saturated carbocycles. The smallest absolute Gasteiger partial charge is 0.387 e. The summed E-state index contributed by atoms with van der Waals surface area (Å²) in [4.78, 5) is 2.43. The van der Waals surface area contributed by atoms with Crippen molar-refractivity contribution in [2.24, 2.45) is 0 Å². The summed E-state index contributed by atoms with van der Waals surface area (Å²) in [5.74, 6) is 0.409. The number of alkyl halides is 2. The minimum atomic E-state index is -2.84. The topological polar surface area (TPSA) is 12.5 Å². The zero-order chi connectivity index (χ0) is 14.5. The van der Waals surface area contributed by atoms with Gasteiger partial charge in [-0.15, -0.1) is 0 Å². The highest BCUT2D eigenvalue weighted by atomic mass is 35.5. The third-order valence-electron chi connectivity index (χ3n) is 3.78. The van der Waals surface area contributed by atoms with Gasteiger partial charge in [-0.1, -0.05) is 30.7 Å². The molecule has 1 aromatic rings. The van der Waals surface area contributed by atoms with E-state index in [2.05, 4.69) is 16.6 Å². The average Bonchev–Trinajstić information content (AvgIpc) is 2.42. The number of rotatable bonds is 5. The van der Waals surface area contributed by atoms with Gasteiger partial charge in [-0.3, -0.25) is 0 Å². The van der Waals surface area contributed by atoms with Crippen molar-refractivity contribution >= 4 is 11.6 Å². The zero-order valence-electron chi connectivity index (χ0n) is 11.6. The largest absolute Gasteiger partial charge is 0.433 e. The Hall–Kier alpha value is -0.870. The van der Waals surface area contributed by atoms with Crippen molar-refractivity contribution in [2.75, 3.05) is 19.6 Å². The molecule has 0 aromatic heterocycles. The maximum absolute atomic E-state index is 12.3. The molecule has 1 aliphatic rings. The van der Waals surface area contributed by atoms with Gasteiger partial charge in [-0.05, 0) is 56.4 Å². The van der Waals surface area contributed by atoms with E-state index in [0.717, 1.165) is 44.5 Å². The van der Waals surface area contributed by atoms with Gasteiger partial charge in [0.15, 0.2) is 0 Å². The van der Waals surface area contributed by atoms with Gasteiger partial charge in [-0.25, -0.2) is 0 Å². The highest BCUT2D eigenvalue weighted by molar-refractivity contribution is 6.32. The number of nitrogens with zero attached hydrogens (tertiary/aromatic N) is 1. The summed E-state index contributed by atoms with van der Waals surface area (Å²) in [7, 11) is 0. The monoisotopic (exact) mass is 303 g/mol. The number of hydrogen-bond donors (Lipinski definition) is 0. The fourth-order valence-corrected chi connectivity index (χ4v) is 3.14. The van der Waals surface area contributed by atoms with Gasteiger partial charge in [0, 0.05) is 0 Å². The summed E-state index contributed by atoms with van der Waals surface area (Å²) in [6.45, 7) is 2.53. The molecule has 1 fully saturated rings. The first kappa shape index (κ1) is 15.5. The number of benzene rings is 1. The average molecular weight is 304 g/mol. The van der Waals surface area contributed by atoms with Crippen LogP contribution >= 0.6 is 11.6 Å². The molecule has 0 bridgehead atoms.